The fraction of sp³-hybridized carbons (Fsp3) is 0.800. The third kappa shape index (κ3) is 0.885. The summed E-state index contributed by atoms with van der Waals surface area (Å²) >= 11 is 5.86. The Kier molecular flexibility index (Phi) is 1.57. The lowest BCUT2D eigenvalue weighted by atomic mass is 9.49. The maximum absolute atomic E-state index is 5.86. The van der Waals surface area contributed by atoms with Crippen LogP contribution < -0.4 is 0 Å². The summed E-state index contributed by atoms with van der Waals surface area (Å²) in [6, 6.07) is 0. The Morgan fingerprint density at radius 3 is 2.73 bits per heavy atom. The van der Waals surface area contributed by atoms with Gasteiger partial charge in [0.2, 0.25) is 0 Å². The van der Waals surface area contributed by atoms with E-state index >= 15 is 0 Å². The van der Waals surface area contributed by atoms with Crippen molar-refractivity contribution in [1.29, 1.82) is 0 Å². The summed E-state index contributed by atoms with van der Waals surface area (Å²) < 4.78 is 0. The van der Waals surface area contributed by atoms with Crippen LogP contribution in [0.5, 0.6) is 0 Å². The fourth-order valence-electron chi connectivity index (χ4n) is 2.63. The molecular formula is C10H15Cl. The largest absolute Gasteiger partial charge is 0.122 e. The number of fused-ring (bicyclic) bond motifs is 1. The number of hydrogen-bond acceptors (Lipinski definition) is 0. The smallest absolute Gasteiger partial charge is 0.0436 e. The monoisotopic (exact) mass is 170 g/mol. The number of halogens is 1. The van der Waals surface area contributed by atoms with Gasteiger partial charge in [0.1, 0.15) is 0 Å². The zero-order valence-electron chi connectivity index (χ0n) is 7.23. The van der Waals surface area contributed by atoms with Crippen LogP contribution in [0.25, 0.3) is 0 Å². The highest BCUT2D eigenvalue weighted by Crippen LogP contribution is 2.59. The maximum Gasteiger partial charge on any atom is 0.0436 e. The van der Waals surface area contributed by atoms with E-state index in [1.54, 1.807) is 0 Å². The van der Waals surface area contributed by atoms with Gasteiger partial charge < -0.3 is 0 Å². The summed E-state index contributed by atoms with van der Waals surface area (Å²) in [5.41, 5.74) is 2.05. The van der Waals surface area contributed by atoms with E-state index in [2.05, 4.69) is 19.9 Å². The first-order chi connectivity index (χ1) is 5.16. The molecule has 3 aliphatic rings. The van der Waals surface area contributed by atoms with Gasteiger partial charge in [0.05, 0.1) is 0 Å². The molecule has 1 fully saturated rings. The van der Waals surface area contributed by atoms with Gasteiger partial charge in [-0.25, -0.2) is 0 Å². The summed E-state index contributed by atoms with van der Waals surface area (Å²) in [5.74, 6) is 2.50. The van der Waals surface area contributed by atoms with Gasteiger partial charge in [-0.1, -0.05) is 25.5 Å². The molecule has 0 unspecified atom stereocenters. The van der Waals surface area contributed by atoms with Gasteiger partial charge in [-0.3, -0.25) is 0 Å². The molecule has 0 aromatic carbocycles. The van der Waals surface area contributed by atoms with Gasteiger partial charge in [-0.15, -0.1) is 11.6 Å². The summed E-state index contributed by atoms with van der Waals surface area (Å²) in [6.45, 7) is 4.76. The van der Waals surface area contributed by atoms with Crippen LogP contribution >= 0.6 is 11.6 Å². The molecule has 1 saturated carbocycles. The summed E-state index contributed by atoms with van der Waals surface area (Å²) in [6.07, 6.45) is 5.02. The molecule has 0 amide bonds. The van der Waals surface area contributed by atoms with E-state index in [1.165, 1.54) is 18.4 Å². The second kappa shape index (κ2) is 2.26. The molecule has 0 aliphatic heterocycles. The molecule has 0 N–H and O–H groups in total. The molecule has 1 heteroatoms. The zero-order chi connectivity index (χ0) is 8.06. The van der Waals surface area contributed by atoms with Crippen LogP contribution in [0.1, 0.15) is 26.7 Å². The lowest BCUT2D eigenvalue weighted by molar-refractivity contribution is -0.00548. The van der Waals surface area contributed by atoms with Crippen LogP contribution in [0.4, 0.5) is 0 Å². The first-order valence-corrected chi connectivity index (χ1v) is 4.94. The molecule has 0 nitrogen and oxygen atoms in total. The standard InChI is InChI=1S/C10H15Cl/c1-10(2)8-4-3-7(6-11)9(10)5-8/h3,8-9H,4-6H2,1-2H3/t8-,9+/m0/s1. The highest BCUT2D eigenvalue weighted by atomic mass is 35.5. The summed E-state index contributed by atoms with van der Waals surface area (Å²) in [4.78, 5) is 0. The predicted octanol–water partition coefficient (Wildman–Crippen LogP) is 3.22. The number of allylic oxidation sites excluding steroid dienone is 2. The van der Waals surface area contributed by atoms with Crippen molar-refractivity contribution >= 4 is 11.6 Å². The van der Waals surface area contributed by atoms with E-state index in [0.29, 0.717) is 5.41 Å². The predicted molar refractivity (Wildman–Crippen MR) is 48.8 cm³/mol. The highest BCUT2D eigenvalue weighted by Gasteiger charge is 2.50. The minimum Gasteiger partial charge on any atom is -0.122 e. The Bertz CT molecular complexity index is 203. The van der Waals surface area contributed by atoms with Crippen LogP contribution in [-0.4, -0.2) is 5.88 Å². The van der Waals surface area contributed by atoms with E-state index in [4.69, 9.17) is 11.6 Å². The Hall–Kier alpha value is 0.0300. The lowest BCUT2D eigenvalue weighted by Crippen LogP contribution is -2.48. The Morgan fingerprint density at radius 2 is 2.36 bits per heavy atom. The average molecular weight is 171 g/mol. The van der Waals surface area contributed by atoms with Gasteiger partial charge in [0.15, 0.2) is 0 Å². The van der Waals surface area contributed by atoms with E-state index in [9.17, 15) is 0 Å². The van der Waals surface area contributed by atoms with Crippen molar-refractivity contribution in [2.75, 3.05) is 5.88 Å². The van der Waals surface area contributed by atoms with Crippen LogP contribution in [0, 0.1) is 17.3 Å². The second-order valence-electron chi connectivity index (χ2n) is 4.45. The van der Waals surface area contributed by atoms with Crippen molar-refractivity contribution in [3.8, 4) is 0 Å². The molecule has 2 atom stereocenters. The minimum atomic E-state index is 0.555. The van der Waals surface area contributed by atoms with Crippen molar-refractivity contribution in [2.24, 2.45) is 17.3 Å². The zero-order valence-corrected chi connectivity index (χ0v) is 7.99. The normalized spacial score (nSPS) is 39.4. The minimum absolute atomic E-state index is 0.555. The van der Waals surface area contributed by atoms with Gasteiger partial charge >= 0.3 is 0 Å². The van der Waals surface area contributed by atoms with E-state index in [0.717, 1.165) is 17.7 Å². The Morgan fingerprint density at radius 1 is 1.64 bits per heavy atom. The Balaban J connectivity index is 2.23. The SMILES string of the molecule is CC1(C)[C@H]2CC=C(CCl)[C@H]1C2. The second-order valence-corrected chi connectivity index (χ2v) is 4.72. The maximum atomic E-state index is 5.86. The fourth-order valence-corrected chi connectivity index (χ4v) is 2.92. The first kappa shape index (κ1) is 7.67. The third-order valence-electron chi connectivity index (χ3n) is 3.74. The van der Waals surface area contributed by atoms with Crippen molar-refractivity contribution in [1.82, 2.24) is 0 Å². The van der Waals surface area contributed by atoms with Gasteiger partial charge in [0, 0.05) is 5.88 Å². The lowest BCUT2D eigenvalue weighted by Gasteiger charge is -2.56. The molecule has 3 aliphatic carbocycles. The number of hydrogen-bond donors (Lipinski definition) is 0. The molecule has 0 spiro atoms. The average Bonchev–Trinajstić information content (AvgIpc) is 2.04. The van der Waals surface area contributed by atoms with Gasteiger partial charge in [-0.05, 0) is 30.1 Å². The topological polar surface area (TPSA) is 0 Å². The van der Waals surface area contributed by atoms with Crippen LogP contribution in [-0.2, 0) is 0 Å². The van der Waals surface area contributed by atoms with E-state index in [-0.39, 0.29) is 0 Å². The number of rotatable bonds is 1. The molecule has 0 saturated heterocycles. The summed E-state index contributed by atoms with van der Waals surface area (Å²) in [7, 11) is 0. The van der Waals surface area contributed by atoms with Crippen LogP contribution in [0.3, 0.4) is 0 Å². The van der Waals surface area contributed by atoms with Crippen molar-refractivity contribution in [3.05, 3.63) is 11.6 Å². The molecular weight excluding hydrogens is 156 g/mol. The van der Waals surface area contributed by atoms with Crippen molar-refractivity contribution in [3.63, 3.8) is 0 Å². The number of alkyl halides is 1. The van der Waals surface area contributed by atoms with Gasteiger partial charge in [0.25, 0.3) is 0 Å². The third-order valence-corrected chi connectivity index (χ3v) is 4.05. The van der Waals surface area contributed by atoms with Crippen molar-refractivity contribution in [2.45, 2.75) is 26.7 Å². The van der Waals surface area contributed by atoms with E-state index in [1.807, 2.05) is 0 Å². The van der Waals surface area contributed by atoms with E-state index < -0.39 is 0 Å². The molecule has 0 radical (unpaired) electrons. The molecule has 0 heterocycles. The Labute approximate surface area is 73.6 Å². The van der Waals surface area contributed by atoms with Crippen LogP contribution in [0.15, 0.2) is 11.6 Å². The molecule has 0 aromatic rings. The quantitative estimate of drug-likeness (QED) is 0.419. The molecule has 2 bridgehead atoms. The molecule has 11 heavy (non-hydrogen) atoms. The molecule has 3 rings (SSSR count). The summed E-state index contributed by atoms with van der Waals surface area (Å²) in [5, 5.41) is 0. The molecule has 0 aromatic heterocycles. The highest BCUT2D eigenvalue weighted by molar-refractivity contribution is 6.19. The molecule has 62 valence electrons. The first-order valence-electron chi connectivity index (χ1n) is 4.41. The van der Waals surface area contributed by atoms with Crippen LogP contribution in [0.2, 0.25) is 0 Å². The van der Waals surface area contributed by atoms with Gasteiger partial charge in [-0.2, -0.15) is 0 Å². The van der Waals surface area contributed by atoms with Crippen molar-refractivity contribution < 1.29 is 0 Å².